The summed E-state index contributed by atoms with van der Waals surface area (Å²) in [6.45, 7) is 0.879. The SMILES string of the molecule is COc1ccc(Cl)c(C2=CC3NC(=O)N(c4cncc5ccc(N6CCOCC6=O)cc45)C(=O)C3S2)c1. The molecule has 1 N–H and O–H groups in total. The van der Waals surface area contributed by atoms with Crippen molar-refractivity contribution >= 4 is 68.3 Å². The van der Waals surface area contributed by atoms with Crippen LogP contribution in [0.1, 0.15) is 5.56 Å². The number of anilines is 2. The summed E-state index contributed by atoms with van der Waals surface area (Å²) >= 11 is 7.79. The molecule has 4 amide bonds. The number of imide groups is 1. The zero-order valence-corrected chi connectivity index (χ0v) is 21.2. The van der Waals surface area contributed by atoms with Crippen molar-refractivity contribution in [2.24, 2.45) is 0 Å². The number of pyridine rings is 1. The molecule has 11 heteroatoms. The number of hydrogen-bond donors (Lipinski definition) is 1. The number of carbonyl (C=O) groups excluding carboxylic acids is 3. The first kappa shape index (κ1) is 23.8. The number of urea groups is 1. The van der Waals surface area contributed by atoms with Gasteiger partial charge in [-0.3, -0.25) is 14.6 Å². The second kappa shape index (κ2) is 9.37. The highest BCUT2D eigenvalue weighted by atomic mass is 35.5. The van der Waals surface area contributed by atoms with Gasteiger partial charge in [-0.05, 0) is 36.4 Å². The second-order valence-electron chi connectivity index (χ2n) is 8.73. The van der Waals surface area contributed by atoms with E-state index in [4.69, 9.17) is 21.1 Å². The molecule has 3 aromatic rings. The predicted octanol–water partition coefficient (Wildman–Crippen LogP) is 3.84. The first-order valence-electron chi connectivity index (χ1n) is 11.6. The fraction of sp³-hybridized carbons (Fsp3) is 0.231. The Kier molecular flexibility index (Phi) is 6.02. The molecule has 2 saturated heterocycles. The van der Waals surface area contributed by atoms with Crippen LogP contribution in [0.15, 0.2) is 54.9 Å². The van der Waals surface area contributed by atoms with Crippen LogP contribution in [0.5, 0.6) is 5.75 Å². The normalized spacial score (nSPS) is 21.7. The Morgan fingerprint density at radius 2 is 2.03 bits per heavy atom. The highest BCUT2D eigenvalue weighted by Gasteiger charge is 2.46. The van der Waals surface area contributed by atoms with E-state index in [1.807, 2.05) is 30.3 Å². The maximum absolute atomic E-state index is 13.7. The number of hydrogen-bond acceptors (Lipinski definition) is 7. The molecule has 2 atom stereocenters. The smallest absolute Gasteiger partial charge is 0.329 e. The number of thioether (sulfide) groups is 1. The number of halogens is 1. The minimum atomic E-state index is -0.575. The van der Waals surface area contributed by atoms with Crippen molar-refractivity contribution in [2.75, 3.05) is 36.7 Å². The van der Waals surface area contributed by atoms with Crippen LogP contribution >= 0.6 is 23.4 Å². The lowest BCUT2D eigenvalue weighted by atomic mass is 10.1. The third kappa shape index (κ3) is 4.11. The number of amides is 4. The Labute approximate surface area is 221 Å². The molecule has 3 aliphatic heterocycles. The van der Waals surface area contributed by atoms with E-state index in [9.17, 15) is 14.4 Å². The lowest BCUT2D eigenvalue weighted by molar-refractivity contribution is -0.125. The number of carbonyl (C=O) groups is 3. The van der Waals surface area contributed by atoms with E-state index in [2.05, 4.69) is 10.3 Å². The topological polar surface area (TPSA) is 101 Å². The lowest BCUT2D eigenvalue weighted by Crippen LogP contribution is -2.60. The largest absolute Gasteiger partial charge is 0.497 e. The third-order valence-electron chi connectivity index (χ3n) is 6.57. The molecule has 2 unspecified atom stereocenters. The van der Waals surface area contributed by atoms with Crippen LogP contribution < -0.4 is 19.9 Å². The molecule has 2 fully saturated rings. The average molecular weight is 537 g/mol. The second-order valence-corrected chi connectivity index (χ2v) is 10.3. The van der Waals surface area contributed by atoms with Crippen molar-refractivity contribution in [1.82, 2.24) is 10.3 Å². The number of ether oxygens (including phenoxy) is 2. The summed E-state index contributed by atoms with van der Waals surface area (Å²) < 4.78 is 10.6. The van der Waals surface area contributed by atoms with Gasteiger partial charge in [-0.25, -0.2) is 9.69 Å². The van der Waals surface area contributed by atoms with E-state index in [-0.39, 0.29) is 18.4 Å². The van der Waals surface area contributed by atoms with Crippen LogP contribution in [0.3, 0.4) is 0 Å². The molecular weight excluding hydrogens is 516 g/mol. The number of fused-ring (bicyclic) bond motifs is 2. The number of nitrogens with one attached hydrogen (secondary N) is 1. The fourth-order valence-electron chi connectivity index (χ4n) is 4.73. The van der Waals surface area contributed by atoms with Gasteiger partial charge < -0.3 is 19.7 Å². The van der Waals surface area contributed by atoms with Gasteiger partial charge in [0.1, 0.15) is 17.6 Å². The molecule has 0 bridgehead atoms. The Morgan fingerprint density at radius 3 is 2.84 bits per heavy atom. The Bertz CT molecular complexity index is 1500. The molecule has 0 saturated carbocycles. The van der Waals surface area contributed by atoms with Gasteiger partial charge in [-0.15, -0.1) is 11.8 Å². The first-order valence-corrected chi connectivity index (χ1v) is 12.8. The molecule has 4 heterocycles. The molecule has 2 aromatic carbocycles. The van der Waals surface area contributed by atoms with Crippen molar-refractivity contribution in [3.8, 4) is 5.75 Å². The standard InChI is InChI=1S/C26H21ClN4O5S/c1-35-16-4-5-19(27)18(9-16)22-10-20-24(37-22)25(33)31(26(34)29-20)21-12-28-11-14-2-3-15(8-17(14)21)30-6-7-36-13-23(30)32/h2-5,8-12,20,24H,6-7,13H2,1H3,(H,29,34). The van der Waals surface area contributed by atoms with Crippen LogP contribution in [0.2, 0.25) is 5.02 Å². The molecule has 0 radical (unpaired) electrons. The monoisotopic (exact) mass is 536 g/mol. The van der Waals surface area contributed by atoms with Gasteiger partial charge in [0.25, 0.3) is 11.8 Å². The van der Waals surface area contributed by atoms with E-state index in [0.717, 1.165) is 20.8 Å². The maximum atomic E-state index is 13.7. The van der Waals surface area contributed by atoms with Gasteiger partial charge in [0.05, 0.1) is 31.6 Å². The van der Waals surface area contributed by atoms with Gasteiger partial charge >= 0.3 is 6.03 Å². The minimum Gasteiger partial charge on any atom is -0.497 e. The van der Waals surface area contributed by atoms with E-state index < -0.39 is 17.3 Å². The zero-order chi connectivity index (χ0) is 25.7. The van der Waals surface area contributed by atoms with Crippen LogP contribution in [-0.2, 0) is 14.3 Å². The number of methoxy groups -OCH3 is 1. The van der Waals surface area contributed by atoms with E-state index in [1.54, 1.807) is 30.3 Å². The summed E-state index contributed by atoms with van der Waals surface area (Å²) in [5.74, 6) is 0.142. The number of aromatic nitrogens is 1. The van der Waals surface area contributed by atoms with Crippen molar-refractivity contribution in [2.45, 2.75) is 11.3 Å². The maximum Gasteiger partial charge on any atom is 0.329 e. The van der Waals surface area contributed by atoms with Gasteiger partial charge in [-0.2, -0.15) is 0 Å². The van der Waals surface area contributed by atoms with E-state index >= 15 is 0 Å². The molecule has 1 aromatic heterocycles. The Hall–Kier alpha value is -3.60. The fourth-order valence-corrected chi connectivity index (χ4v) is 6.30. The van der Waals surface area contributed by atoms with Gasteiger partial charge in [-0.1, -0.05) is 17.7 Å². The highest BCUT2D eigenvalue weighted by molar-refractivity contribution is 8.09. The van der Waals surface area contributed by atoms with E-state index in [1.165, 1.54) is 18.0 Å². The number of nitrogens with zero attached hydrogens (tertiary/aromatic N) is 3. The van der Waals surface area contributed by atoms with Crippen molar-refractivity contribution in [1.29, 1.82) is 0 Å². The lowest BCUT2D eigenvalue weighted by Gasteiger charge is -2.33. The Balaban J connectivity index is 1.34. The number of benzene rings is 2. The predicted molar refractivity (Wildman–Crippen MR) is 142 cm³/mol. The van der Waals surface area contributed by atoms with Crippen molar-refractivity contribution < 1.29 is 23.9 Å². The Morgan fingerprint density at radius 1 is 1.16 bits per heavy atom. The average Bonchev–Trinajstić information content (AvgIpc) is 3.33. The molecule has 3 aliphatic rings. The molecule has 6 rings (SSSR count). The molecule has 188 valence electrons. The summed E-state index contributed by atoms with van der Waals surface area (Å²) in [6.07, 6.45) is 5.01. The first-order chi connectivity index (χ1) is 17.9. The summed E-state index contributed by atoms with van der Waals surface area (Å²) in [6, 6.07) is 9.76. The van der Waals surface area contributed by atoms with Crippen LogP contribution in [0.4, 0.5) is 16.2 Å². The molecule has 9 nitrogen and oxygen atoms in total. The minimum absolute atomic E-state index is 0.0151. The summed E-state index contributed by atoms with van der Waals surface area (Å²) in [5, 5.41) is 4.27. The summed E-state index contributed by atoms with van der Waals surface area (Å²) in [7, 11) is 1.57. The van der Waals surface area contributed by atoms with Crippen molar-refractivity contribution in [3.63, 3.8) is 0 Å². The van der Waals surface area contributed by atoms with Gasteiger partial charge in [0.2, 0.25) is 0 Å². The molecule has 0 aliphatic carbocycles. The number of morpholine rings is 1. The summed E-state index contributed by atoms with van der Waals surface area (Å²) in [5.41, 5.74) is 1.76. The van der Waals surface area contributed by atoms with E-state index in [0.29, 0.717) is 40.7 Å². The van der Waals surface area contributed by atoms with Gasteiger partial charge in [0, 0.05) is 44.7 Å². The molecular formula is C26H21ClN4O5S. The van der Waals surface area contributed by atoms with Crippen LogP contribution in [0.25, 0.3) is 15.7 Å². The van der Waals surface area contributed by atoms with Crippen LogP contribution in [-0.4, -0.2) is 61.0 Å². The van der Waals surface area contributed by atoms with Crippen molar-refractivity contribution in [3.05, 3.63) is 65.5 Å². The molecule has 0 spiro atoms. The summed E-state index contributed by atoms with van der Waals surface area (Å²) in [4.78, 5) is 47.2. The van der Waals surface area contributed by atoms with Crippen LogP contribution in [0, 0.1) is 0 Å². The zero-order valence-electron chi connectivity index (χ0n) is 19.6. The van der Waals surface area contributed by atoms with Gasteiger partial charge in [0.15, 0.2) is 0 Å². The number of rotatable bonds is 4. The third-order valence-corrected chi connectivity index (χ3v) is 8.26. The quantitative estimate of drug-likeness (QED) is 0.540. The highest BCUT2D eigenvalue weighted by Crippen LogP contribution is 2.45. The molecule has 37 heavy (non-hydrogen) atoms.